The number of H-pyrrole nitrogens is 1. The van der Waals surface area contributed by atoms with Gasteiger partial charge in [-0.15, -0.1) is 0 Å². The molecular formula is C20H16ClN3. The molecule has 0 amide bonds. The third-order valence-corrected chi connectivity index (χ3v) is 4.23. The van der Waals surface area contributed by atoms with Crippen molar-refractivity contribution in [3.8, 4) is 11.1 Å². The number of hydrogen-bond donors (Lipinski definition) is 2. The van der Waals surface area contributed by atoms with Crippen LogP contribution in [0.4, 0.5) is 11.5 Å². The van der Waals surface area contributed by atoms with Crippen LogP contribution in [0.2, 0.25) is 5.02 Å². The summed E-state index contributed by atoms with van der Waals surface area (Å²) in [6.07, 6.45) is 3.86. The molecule has 4 aromatic rings. The minimum absolute atomic E-state index is 0.689. The number of anilines is 2. The molecule has 3 nitrogen and oxygen atoms in total. The lowest BCUT2D eigenvalue weighted by atomic mass is 10.0. The van der Waals surface area contributed by atoms with Crippen molar-refractivity contribution in [2.75, 3.05) is 5.32 Å². The van der Waals surface area contributed by atoms with E-state index in [9.17, 15) is 0 Å². The monoisotopic (exact) mass is 333 g/mol. The number of pyridine rings is 1. The fourth-order valence-electron chi connectivity index (χ4n) is 2.83. The van der Waals surface area contributed by atoms with Crippen LogP contribution in [0.5, 0.6) is 0 Å². The summed E-state index contributed by atoms with van der Waals surface area (Å²) >= 11 is 6.36. The van der Waals surface area contributed by atoms with E-state index in [1.165, 1.54) is 0 Å². The van der Waals surface area contributed by atoms with Crippen molar-refractivity contribution >= 4 is 34.0 Å². The maximum atomic E-state index is 6.36. The van der Waals surface area contributed by atoms with Gasteiger partial charge in [-0.05, 0) is 36.2 Å². The number of nitrogens with zero attached hydrogens (tertiary/aromatic N) is 1. The maximum Gasteiger partial charge on any atom is 0.130 e. The molecule has 2 aromatic carbocycles. The van der Waals surface area contributed by atoms with Crippen LogP contribution < -0.4 is 5.32 Å². The van der Waals surface area contributed by atoms with Crippen LogP contribution in [0.25, 0.3) is 22.0 Å². The Labute approximate surface area is 145 Å². The predicted molar refractivity (Wildman–Crippen MR) is 101 cm³/mol. The lowest BCUT2D eigenvalue weighted by Gasteiger charge is -2.09. The lowest BCUT2D eigenvalue weighted by Crippen LogP contribution is -1.94. The quantitative estimate of drug-likeness (QED) is 0.487. The lowest BCUT2D eigenvalue weighted by molar-refractivity contribution is 1.26. The van der Waals surface area contributed by atoms with Crippen molar-refractivity contribution in [3.63, 3.8) is 0 Å². The van der Waals surface area contributed by atoms with Crippen LogP contribution in [0.3, 0.4) is 0 Å². The first-order chi connectivity index (χ1) is 11.7. The average Bonchev–Trinajstić information content (AvgIpc) is 3.01. The molecular weight excluding hydrogens is 318 g/mol. The summed E-state index contributed by atoms with van der Waals surface area (Å²) in [4.78, 5) is 7.77. The Morgan fingerprint density at radius 1 is 1.04 bits per heavy atom. The van der Waals surface area contributed by atoms with Crippen LogP contribution >= 0.6 is 11.6 Å². The van der Waals surface area contributed by atoms with Gasteiger partial charge in [-0.2, -0.15) is 0 Å². The molecule has 0 saturated heterocycles. The summed E-state index contributed by atoms with van der Waals surface area (Å²) in [6, 6.07) is 18.2. The van der Waals surface area contributed by atoms with E-state index in [4.69, 9.17) is 11.6 Å². The molecule has 0 bridgehead atoms. The van der Waals surface area contributed by atoms with Gasteiger partial charge in [-0.3, -0.25) is 0 Å². The summed E-state index contributed by atoms with van der Waals surface area (Å²) in [5, 5.41) is 5.13. The van der Waals surface area contributed by atoms with Crippen molar-refractivity contribution < 1.29 is 0 Å². The van der Waals surface area contributed by atoms with Crippen LogP contribution in [0.1, 0.15) is 5.56 Å². The number of halogens is 1. The maximum absolute atomic E-state index is 6.36. The van der Waals surface area contributed by atoms with Gasteiger partial charge in [0, 0.05) is 28.4 Å². The Bertz CT molecular complexity index is 989. The molecule has 2 N–H and O–H groups in total. The molecule has 0 fully saturated rings. The van der Waals surface area contributed by atoms with E-state index in [0.717, 1.165) is 39.1 Å². The first kappa shape index (κ1) is 14.8. The van der Waals surface area contributed by atoms with Gasteiger partial charge >= 0.3 is 0 Å². The molecule has 0 atom stereocenters. The number of aromatic amines is 1. The molecule has 0 unspecified atom stereocenters. The Morgan fingerprint density at radius 2 is 1.88 bits per heavy atom. The second kappa shape index (κ2) is 6.02. The number of fused-ring (bicyclic) bond motifs is 1. The minimum Gasteiger partial charge on any atom is -0.359 e. The molecule has 0 aliphatic rings. The van der Waals surface area contributed by atoms with Crippen LogP contribution in [-0.2, 0) is 0 Å². The van der Waals surface area contributed by atoms with Crippen LogP contribution in [0, 0.1) is 6.92 Å². The average molecular weight is 334 g/mol. The topological polar surface area (TPSA) is 40.7 Å². The highest BCUT2D eigenvalue weighted by atomic mass is 35.5. The third-order valence-electron chi connectivity index (χ3n) is 4.01. The molecule has 2 aromatic heterocycles. The highest BCUT2D eigenvalue weighted by Gasteiger charge is 2.11. The van der Waals surface area contributed by atoms with E-state index in [-0.39, 0.29) is 0 Å². The van der Waals surface area contributed by atoms with Crippen LogP contribution in [0.15, 0.2) is 67.0 Å². The first-order valence-electron chi connectivity index (χ1n) is 7.76. The number of aromatic nitrogens is 2. The van der Waals surface area contributed by atoms with Gasteiger partial charge in [0.1, 0.15) is 5.82 Å². The summed E-state index contributed by atoms with van der Waals surface area (Å²) in [7, 11) is 0. The predicted octanol–water partition coefficient (Wildman–Crippen LogP) is 5.94. The first-order valence-corrected chi connectivity index (χ1v) is 8.14. The van der Waals surface area contributed by atoms with E-state index in [1.807, 2.05) is 61.8 Å². The van der Waals surface area contributed by atoms with E-state index >= 15 is 0 Å². The second-order valence-electron chi connectivity index (χ2n) is 5.79. The Hall–Kier alpha value is -2.78. The summed E-state index contributed by atoms with van der Waals surface area (Å²) in [6.45, 7) is 2.02. The molecule has 4 heteroatoms. The zero-order chi connectivity index (χ0) is 16.5. The largest absolute Gasteiger partial charge is 0.359 e. The molecule has 2 heterocycles. The van der Waals surface area contributed by atoms with Crippen LogP contribution in [-0.4, -0.2) is 9.97 Å². The number of rotatable bonds is 3. The summed E-state index contributed by atoms with van der Waals surface area (Å²) < 4.78 is 0. The molecule has 0 spiro atoms. The minimum atomic E-state index is 0.689. The fraction of sp³-hybridized carbons (Fsp3) is 0.0500. The van der Waals surface area contributed by atoms with Gasteiger partial charge in [0.2, 0.25) is 0 Å². The Morgan fingerprint density at radius 3 is 2.62 bits per heavy atom. The highest BCUT2D eigenvalue weighted by Crippen LogP contribution is 2.35. The second-order valence-corrected chi connectivity index (χ2v) is 6.23. The number of nitrogens with one attached hydrogen (secondary N) is 2. The standard InChI is InChI=1S/C20H16ClN3/c1-13-7-8-19(22-11-13)24-18-10-15(21)9-16-17(12-23-20(16)18)14-5-3-2-4-6-14/h2-12,23H,1H3,(H,22,24). The molecule has 24 heavy (non-hydrogen) atoms. The van der Waals surface area contributed by atoms with E-state index < -0.39 is 0 Å². The number of aryl methyl sites for hydroxylation is 1. The van der Waals surface area contributed by atoms with Gasteiger partial charge in [-0.1, -0.05) is 48.0 Å². The van der Waals surface area contributed by atoms with Crippen molar-refractivity contribution in [1.82, 2.24) is 9.97 Å². The molecule has 0 radical (unpaired) electrons. The summed E-state index contributed by atoms with van der Waals surface area (Å²) in [5.74, 6) is 0.792. The molecule has 0 aliphatic carbocycles. The highest BCUT2D eigenvalue weighted by molar-refractivity contribution is 6.32. The Balaban J connectivity index is 1.82. The van der Waals surface area contributed by atoms with Gasteiger partial charge in [-0.25, -0.2) is 4.98 Å². The SMILES string of the molecule is Cc1ccc(Nc2cc(Cl)cc3c(-c4ccccc4)c[nH]c23)nc1. The zero-order valence-corrected chi connectivity index (χ0v) is 13.9. The smallest absolute Gasteiger partial charge is 0.130 e. The van der Waals surface area contributed by atoms with E-state index in [1.54, 1.807) is 0 Å². The number of benzene rings is 2. The van der Waals surface area contributed by atoms with Crippen molar-refractivity contribution in [2.24, 2.45) is 0 Å². The Kier molecular flexibility index (Phi) is 3.71. The van der Waals surface area contributed by atoms with E-state index in [2.05, 4.69) is 27.4 Å². The van der Waals surface area contributed by atoms with Gasteiger partial charge < -0.3 is 10.3 Å². The van der Waals surface area contributed by atoms with Gasteiger partial charge in [0.25, 0.3) is 0 Å². The van der Waals surface area contributed by atoms with E-state index in [0.29, 0.717) is 5.02 Å². The van der Waals surface area contributed by atoms with Crippen molar-refractivity contribution in [2.45, 2.75) is 6.92 Å². The molecule has 118 valence electrons. The van der Waals surface area contributed by atoms with Gasteiger partial charge in [0.05, 0.1) is 11.2 Å². The third kappa shape index (κ3) is 2.74. The van der Waals surface area contributed by atoms with Gasteiger partial charge in [0.15, 0.2) is 0 Å². The fourth-order valence-corrected chi connectivity index (χ4v) is 3.05. The number of hydrogen-bond acceptors (Lipinski definition) is 2. The zero-order valence-electron chi connectivity index (χ0n) is 13.2. The van der Waals surface area contributed by atoms with Crippen molar-refractivity contribution in [1.29, 1.82) is 0 Å². The molecule has 0 saturated carbocycles. The molecule has 4 rings (SSSR count). The molecule has 0 aliphatic heterocycles. The van der Waals surface area contributed by atoms with Crippen molar-refractivity contribution in [3.05, 3.63) is 77.6 Å². The normalized spacial score (nSPS) is 10.9. The summed E-state index contributed by atoms with van der Waals surface area (Å²) in [5.41, 5.74) is 5.35.